The van der Waals surface area contributed by atoms with Gasteiger partial charge < -0.3 is 25.0 Å². The van der Waals surface area contributed by atoms with Crippen LogP contribution in [0.5, 0.6) is 0 Å². The van der Waals surface area contributed by atoms with Gasteiger partial charge >= 0.3 is 12.1 Å². The molecule has 1 aliphatic heterocycles. The number of hydrogen-bond donors (Lipinski definition) is 2. The number of carbonyl (C=O) groups is 3. The van der Waals surface area contributed by atoms with Crippen molar-refractivity contribution < 1.29 is 24.2 Å². The van der Waals surface area contributed by atoms with Crippen molar-refractivity contribution in [2.75, 3.05) is 13.6 Å². The number of nitrogens with zero attached hydrogens (tertiary/aromatic N) is 2. The average Bonchev–Trinajstić information content (AvgIpc) is 3.16. The number of ether oxygens (including phenoxy) is 1. The summed E-state index contributed by atoms with van der Waals surface area (Å²) < 4.78 is 5.26. The predicted octanol–water partition coefficient (Wildman–Crippen LogP) is 3.26. The molecule has 182 valence electrons. The van der Waals surface area contributed by atoms with Crippen LogP contribution in [0.4, 0.5) is 4.79 Å². The molecule has 33 heavy (non-hydrogen) atoms. The largest absolute Gasteiger partial charge is 0.481 e. The summed E-state index contributed by atoms with van der Waals surface area (Å²) in [4.78, 5) is 42.0. The van der Waals surface area contributed by atoms with Gasteiger partial charge in [0, 0.05) is 24.7 Å². The van der Waals surface area contributed by atoms with E-state index >= 15 is 0 Å². The van der Waals surface area contributed by atoms with Gasteiger partial charge in [-0.25, -0.2) is 4.79 Å². The molecular formula is C25H37N3O5. The van der Waals surface area contributed by atoms with Crippen molar-refractivity contribution >= 4 is 18.0 Å². The Morgan fingerprint density at radius 3 is 2.55 bits per heavy atom. The second-order valence-electron chi connectivity index (χ2n) is 9.60. The van der Waals surface area contributed by atoms with Crippen LogP contribution in [0.1, 0.15) is 58.4 Å². The van der Waals surface area contributed by atoms with Crippen molar-refractivity contribution in [2.24, 2.45) is 5.41 Å². The van der Waals surface area contributed by atoms with Gasteiger partial charge in [0.25, 0.3) is 0 Å². The van der Waals surface area contributed by atoms with Crippen LogP contribution < -0.4 is 5.32 Å². The first-order chi connectivity index (χ1) is 15.7. The molecule has 2 N–H and O–H groups in total. The van der Waals surface area contributed by atoms with Crippen molar-refractivity contribution in [2.45, 2.75) is 83.6 Å². The summed E-state index contributed by atoms with van der Waals surface area (Å²) in [5, 5.41) is 13.0. The molecule has 0 radical (unpaired) electrons. The van der Waals surface area contributed by atoms with Gasteiger partial charge in [-0.1, -0.05) is 37.3 Å². The maximum Gasteiger partial charge on any atom is 0.408 e. The molecular weight excluding hydrogens is 422 g/mol. The predicted molar refractivity (Wildman–Crippen MR) is 125 cm³/mol. The smallest absolute Gasteiger partial charge is 0.408 e. The number of nitrogens with one attached hydrogen (secondary N) is 1. The molecule has 1 saturated heterocycles. The van der Waals surface area contributed by atoms with Crippen molar-refractivity contribution in [3.05, 3.63) is 35.9 Å². The Morgan fingerprint density at radius 2 is 1.94 bits per heavy atom. The van der Waals surface area contributed by atoms with Gasteiger partial charge in [-0.2, -0.15) is 0 Å². The Bertz CT molecular complexity index is 846. The lowest BCUT2D eigenvalue weighted by atomic mass is 9.65. The molecule has 1 aromatic carbocycles. The van der Waals surface area contributed by atoms with Crippen LogP contribution in [0.15, 0.2) is 30.3 Å². The van der Waals surface area contributed by atoms with E-state index in [2.05, 4.69) is 24.1 Å². The second-order valence-corrected chi connectivity index (χ2v) is 9.60. The molecule has 3 rings (SSSR count). The third kappa shape index (κ3) is 5.32. The highest BCUT2D eigenvalue weighted by Crippen LogP contribution is 2.45. The van der Waals surface area contributed by atoms with E-state index in [4.69, 9.17) is 4.74 Å². The third-order valence-electron chi connectivity index (χ3n) is 7.58. The first kappa shape index (κ1) is 25.0. The van der Waals surface area contributed by atoms with E-state index in [0.29, 0.717) is 38.3 Å². The van der Waals surface area contributed by atoms with Gasteiger partial charge in [0.2, 0.25) is 5.91 Å². The Kier molecular flexibility index (Phi) is 8.00. The van der Waals surface area contributed by atoms with Crippen LogP contribution in [0.25, 0.3) is 0 Å². The van der Waals surface area contributed by atoms with E-state index in [1.54, 1.807) is 4.90 Å². The molecule has 0 aromatic heterocycles. The maximum absolute atomic E-state index is 13.2. The molecule has 1 heterocycles. The van der Waals surface area contributed by atoms with Crippen LogP contribution in [-0.4, -0.2) is 70.6 Å². The first-order valence-corrected chi connectivity index (χ1v) is 11.9. The van der Waals surface area contributed by atoms with Gasteiger partial charge in [-0.15, -0.1) is 0 Å². The highest BCUT2D eigenvalue weighted by molar-refractivity contribution is 5.88. The topological polar surface area (TPSA) is 99.2 Å². The highest BCUT2D eigenvalue weighted by Gasteiger charge is 2.54. The fraction of sp³-hybridized carbons (Fsp3) is 0.640. The normalized spacial score (nSPS) is 27.8. The lowest BCUT2D eigenvalue weighted by molar-refractivity contribution is -0.161. The minimum Gasteiger partial charge on any atom is -0.481 e. The number of aliphatic carboxylic acids is 1. The van der Waals surface area contributed by atoms with E-state index in [-0.39, 0.29) is 24.6 Å². The summed E-state index contributed by atoms with van der Waals surface area (Å²) in [6.45, 7) is 6.68. The Balaban J connectivity index is 1.66. The molecule has 1 aromatic rings. The zero-order chi connectivity index (χ0) is 24.2. The van der Waals surface area contributed by atoms with Gasteiger partial charge in [-0.05, 0) is 58.6 Å². The standard InChI is InChI=1S/C25H37N3O5/c1-5-25(23(30)31)15-19(27(4)17(2)3)11-12-21(25)28-14-13-20(22(28)29)26-24(32)33-16-18-9-7-6-8-10-18/h6-10,17,19-21H,5,11-16H2,1-4H3,(H,26,32)(H,30,31)/t19?,20-,21?,25?/m0/s1. The maximum atomic E-state index is 13.2. The van der Waals surface area contributed by atoms with E-state index in [1.807, 2.05) is 44.3 Å². The molecule has 8 nitrogen and oxygen atoms in total. The lowest BCUT2D eigenvalue weighted by Gasteiger charge is -2.49. The first-order valence-electron chi connectivity index (χ1n) is 11.9. The summed E-state index contributed by atoms with van der Waals surface area (Å²) in [5.74, 6) is -1.06. The lowest BCUT2D eigenvalue weighted by Crippen LogP contribution is -2.59. The summed E-state index contributed by atoms with van der Waals surface area (Å²) >= 11 is 0. The molecule has 2 fully saturated rings. The van der Waals surface area contributed by atoms with Crippen LogP contribution in [0.2, 0.25) is 0 Å². The molecule has 0 spiro atoms. The fourth-order valence-corrected chi connectivity index (χ4v) is 5.32. The fourth-order valence-electron chi connectivity index (χ4n) is 5.32. The van der Waals surface area contributed by atoms with Crippen LogP contribution in [0.3, 0.4) is 0 Å². The summed E-state index contributed by atoms with van der Waals surface area (Å²) in [6.07, 6.45) is 2.26. The van der Waals surface area contributed by atoms with Crippen molar-refractivity contribution in [1.29, 1.82) is 0 Å². The monoisotopic (exact) mass is 459 g/mol. The molecule has 8 heteroatoms. The minimum atomic E-state index is -0.996. The Labute approximate surface area is 196 Å². The van der Waals surface area contributed by atoms with Gasteiger partial charge in [-0.3, -0.25) is 9.59 Å². The van der Waals surface area contributed by atoms with E-state index in [1.165, 1.54) is 0 Å². The number of carbonyl (C=O) groups excluding carboxylic acids is 2. The zero-order valence-electron chi connectivity index (χ0n) is 20.1. The molecule has 2 amide bonds. The minimum absolute atomic E-state index is 0.128. The Hall–Kier alpha value is -2.61. The number of carboxylic acid groups (broad SMARTS) is 1. The molecule has 4 atom stereocenters. The van der Waals surface area contributed by atoms with Crippen LogP contribution in [0, 0.1) is 5.41 Å². The van der Waals surface area contributed by atoms with Gasteiger partial charge in [0.15, 0.2) is 0 Å². The summed E-state index contributed by atoms with van der Waals surface area (Å²) in [6, 6.07) is 8.76. The van der Waals surface area contributed by atoms with E-state index in [9.17, 15) is 19.5 Å². The average molecular weight is 460 g/mol. The van der Waals surface area contributed by atoms with Crippen LogP contribution in [-0.2, 0) is 20.9 Å². The molecule has 0 bridgehead atoms. The number of alkyl carbamates (subject to hydrolysis) is 1. The van der Waals surface area contributed by atoms with Crippen molar-refractivity contribution in [3.63, 3.8) is 0 Å². The second kappa shape index (κ2) is 10.5. The molecule has 3 unspecified atom stereocenters. The Morgan fingerprint density at radius 1 is 1.24 bits per heavy atom. The number of amides is 2. The number of rotatable bonds is 8. The van der Waals surface area contributed by atoms with Crippen molar-refractivity contribution in [3.8, 4) is 0 Å². The van der Waals surface area contributed by atoms with E-state index < -0.39 is 23.5 Å². The zero-order valence-corrected chi connectivity index (χ0v) is 20.1. The number of likely N-dealkylation sites (tertiary alicyclic amines) is 1. The molecule has 1 saturated carbocycles. The molecule has 1 aliphatic carbocycles. The molecule has 2 aliphatic rings. The number of benzene rings is 1. The quantitative estimate of drug-likeness (QED) is 0.619. The van der Waals surface area contributed by atoms with Crippen LogP contribution >= 0.6 is 0 Å². The number of hydrogen-bond acceptors (Lipinski definition) is 5. The number of carboxylic acids is 1. The van der Waals surface area contributed by atoms with Gasteiger partial charge in [0.1, 0.15) is 12.6 Å². The van der Waals surface area contributed by atoms with Gasteiger partial charge in [0.05, 0.1) is 5.41 Å². The highest BCUT2D eigenvalue weighted by atomic mass is 16.5. The third-order valence-corrected chi connectivity index (χ3v) is 7.58. The summed E-state index contributed by atoms with van der Waals surface area (Å²) in [7, 11) is 2.04. The SMILES string of the molecule is CCC1(C(=O)O)CC(N(C)C(C)C)CCC1N1CC[C@H](NC(=O)OCc2ccccc2)C1=O. The summed E-state index contributed by atoms with van der Waals surface area (Å²) in [5.41, 5.74) is -0.130. The van der Waals surface area contributed by atoms with Crippen molar-refractivity contribution in [1.82, 2.24) is 15.1 Å². The van der Waals surface area contributed by atoms with E-state index in [0.717, 1.165) is 12.0 Å².